The number of para-hydroxylation sites is 1. The molecule has 3 aliphatic rings. The second-order valence-electron chi connectivity index (χ2n) is 7.68. The SMILES string of the molecule is CC[C@@]12CCCN3CC[C@@](c4ccccc4[N+](=O)[O-])(C(=O)CC1)[C@H]32. The minimum Gasteiger partial charge on any atom is -0.299 e. The van der Waals surface area contributed by atoms with Gasteiger partial charge in [0, 0.05) is 24.1 Å². The van der Waals surface area contributed by atoms with Crippen molar-refractivity contribution < 1.29 is 9.72 Å². The van der Waals surface area contributed by atoms with Gasteiger partial charge in [0.05, 0.1) is 10.3 Å². The molecule has 2 aliphatic heterocycles. The molecule has 3 fully saturated rings. The Balaban J connectivity index is 1.94. The highest BCUT2D eigenvalue weighted by Crippen LogP contribution is 2.59. The number of rotatable bonds is 3. The molecule has 24 heavy (non-hydrogen) atoms. The van der Waals surface area contributed by atoms with E-state index < -0.39 is 5.41 Å². The van der Waals surface area contributed by atoms with E-state index in [2.05, 4.69) is 11.8 Å². The lowest BCUT2D eigenvalue weighted by molar-refractivity contribution is -0.386. The Bertz CT molecular complexity index is 704. The second-order valence-corrected chi connectivity index (χ2v) is 7.68. The molecule has 128 valence electrons. The summed E-state index contributed by atoms with van der Waals surface area (Å²) in [5, 5.41) is 11.6. The fourth-order valence-corrected chi connectivity index (χ4v) is 5.95. The summed E-state index contributed by atoms with van der Waals surface area (Å²) >= 11 is 0. The summed E-state index contributed by atoms with van der Waals surface area (Å²) < 4.78 is 0. The van der Waals surface area contributed by atoms with E-state index in [0.29, 0.717) is 12.0 Å². The van der Waals surface area contributed by atoms with Crippen LogP contribution in [0.3, 0.4) is 0 Å². The number of Topliss-reactive ketones (excluding diaryl/α,β-unsaturated/α-hetero) is 1. The Morgan fingerprint density at radius 3 is 2.79 bits per heavy atom. The lowest BCUT2D eigenvalue weighted by Crippen LogP contribution is -2.62. The van der Waals surface area contributed by atoms with E-state index in [1.165, 1.54) is 6.42 Å². The van der Waals surface area contributed by atoms with Crippen LogP contribution in [0, 0.1) is 15.5 Å². The van der Waals surface area contributed by atoms with Gasteiger partial charge in [-0.15, -0.1) is 0 Å². The predicted octanol–water partition coefficient (Wildman–Crippen LogP) is 3.46. The van der Waals surface area contributed by atoms with Crippen molar-refractivity contribution in [1.29, 1.82) is 0 Å². The van der Waals surface area contributed by atoms with E-state index in [9.17, 15) is 14.9 Å². The molecule has 5 nitrogen and oxygen atoms in total. The monoisotopic (exact) mass is 328 g/mol. The van der Waals surface area contributed by atoms with Gasteiger partial charge in [0.1, 0.15) is 5.78 Å². The smallest absolute Gasteiger partial charge is 0.273 e. The van der Waals surface area contributed by atoms with Crippen LogP contribution in [0.15, 0.2) is 24.3 Å². The van der Waals surface area contributed by atoms with Crippen LogP contribution in [0.25, 0.3) is 0 Å². The van der Waals surface area contributed by atoms with Gasteiger partial charge >= 0.3 is 0 Å². The maximum absolute atomic E-state index is 13.2. The maximum atomic E-state index is 13.2. The van der Waals surface area contributed by atoms with E-state index in [1.54, 1.807) is 12.1 Å². The van der Waals surface area contributed by atoms with Crippen LogP contribution in [0.2, 0.25) is 0 Å². The highest BCUT2D eigenvalue weighted by molar-refractivity contribution is 5.94. The highest BCUT2D eigenvalue weighted by atomic mass is 16.6. The van der Waals surface area contributed by atoms with Crippen molar-refractivity contribution in [3.05, 3.63) is 39.9 Å². The zero-order valence-corrected chi connectivity index (χ0v) is 14.2. The van der Waals surface area contributed by atoms with Crippen LogP contribution in [0.4, 0.5) is 5.69 Å². The van der Waals surface area contributed by atoms with Crippen LogP contribution in [0.5, 0.6) is 0 Å². The molecule has 1 aromatic carbocycles. The van der Waals surface area contributed by atoms with Gasteiger partial charge in [-0.2, -0.15) is 0 Å². The number of ketones is 1. The Morgan fingerprint density at radius 2 is 2.04 bits per heavy atom. The zero-order chi connectivity index (χ0) is 16.9. The van der Waals surface area contributed by atoms with Crippen LogP contribution in [-0.4, -0.2) is 34.7 Å². The summed E-state index contributed by atoms with van der Waals surface area (Å²) in [4.78, 5) is 27.0. The van der Waals surface area contributed by atoms with Crippen molar-refractivity contribution in [2.45, 2.75) is 56.9 Å². The summed E-state index contributed by atoms with van der Waals surface area (Å²) in [7, 11) is 0. The van der Waals surface area contributed by atoms with Crippen molar-refractivity contribution in [1.82, 2.24) is 4.90 Å². The molecule has 2 saturated heterocycles. The molecule has 0 spiro atoms. The Morgan fingerprint density at radius 1 is 1.25 bits per heavy atom. The lowest BCUT2D eigenvalue weighted by Gasteiger charge is -2.56. The minimum atomic E-state index is -0.682. The molecule has 5 heteroatoms. The second kappa shape index (κ2) is 5.38. The number of hydrogen-bond donors (Lipinski definition) is 0. The van der Waals surface area contributed by atoms with E-state index in [-0.39, 0.29) is 27.9 Å². The lowest BCUT2D eigenvalue weighted by atomic mass is 9.52. The largest absolute Gasteiger partial charge is 0.299 e. The van der Waals surface area contributed by atoms with E-state index in [1.807, 2.05) is 12.1 Å². The average Bonchev–Trinajstić information content (AvgIpc) is 3.01. The molecule has 1 aromatic rings. The number of carbonyl (C=O) groups is 1. The summed E-state index contributed by atoms with van der Waals surface area (Å²) in [5.74, 6) is 0.218. The first kappa shape index (κ1) is 15.8. The summed E-state index contributed by atoms with van der Waals surface area (Å²) in [5.41, 5.74) is 0.224. The molecular weight excluding hydrogens is 304 g/mol. The van der Waals surface area contributed by atoms with Gasteiger partial charge in [-0.25, -0.2) is 0 Å². The maximum Gasteiger partial charge on any atom is 0.273 e. The molecule has 0 radical (unpaired) electrons. The third-order valence-electron chi connectivity index (χ3n) is 6.96. The molecule has 0 N–H and O–H groups in total. The van der Waals surface area contributed by atoms with Gasteiger partial charge in [0.2, 0.25) is 0 Å². The Kier molecular flexibility index (Phi) is 3.53. The van der Waals surface area contributed by atoms with Crippen molar-refractivity contribution in [3.8, 4) is 0 Å². The van der Waals surface area contributed by atoms with Gasteiger partial charge < -0.3 is 0 Å². The van der Waals surface area contributed by atoms with Crippen LogP contribution in [-0.2, 0) is 10.2 Å². The number of carbonyl (C=O) groups excluding carboxylic acids is 1. The summed E-state index contributed by atoms with van der Waals surface area (Å²) in [6.45, 7) is 4.12. The van der Waals surface area contributed by atoms with Crippen LogP contribution >= 0.6 is 0 Å². The molecule has 0 aromatic heterocycles. The topological polar surface area (TPSA) is 63.4 Å². The fourth-order valence-electron chi connectivity index (χ4n) is 5.95. The zero-order valence-electron chi connectivity index (χ0n) is 14.2. The van der Waals surface area contributed by atoms with Gasteiger partial charge in [0.25, 0.3) is 5.69 Å². The molecule has 3 atom stereocenters. The highest BCUT2D eigenvalue weighted by Gasteiger charge is 2.65. The molecule has 1 saturated carbocycles. The molecule has 0 bridgehead atoms. The fraction of sp³-hybridized carbons (Fsp3) is 0.632. The predicted molar refractivity (Wildman–Crippen MR) is 91.0 cm³/mol. The summed E-state index contributed by atoms with van der Waals surface area (Å²) in [6, 6.07) is 7.07. The average molecular weight is 328 g/mol. The van der Waals surface area contributed by atoms with Crippen LogP contribution in [0.1, 0.15) is 51.0 Å². The molecule has 1 aliphatic carbocycles. The normalized spacial score (nSPS) is 35.7. The van der Waals surface area contributed by atoms with Gasteiger partial charge in [-0.3, -0.25) is 19.8 Å². The summed E-state index contributed by atoms with van der Waals surface area (Å²) in [6.07, 6.45) is 5.58. The Hall–Kier alpha value is -1.75. The van der Waals surface area contributed by atoms with Gasteiger partial charge in [0.15, 0.2) is 0 Å². The van der Waals surface area contributed by atoms with Gasteiger partial charge in [-0.1, -0.05) is 25.1 Å². The van der Waals surface area contributed by atoms with Gasteiger partial charge in [-0.05, 0) is 50.6 Å². The number of hydrogen-bond acceptors (Lipinski definition) is 4. The van der Waals surface area contributed by atoms with E-state index >= 15 is 0 Å². The minimum absolute atomic E-state index is 0.116. The first-order chi connectivity index (χ1) is 11.5. The number of benzene rings is 1. The quantitative estimate of drug-likeness (QED) is 0.629. The van der Waals surface area contributed by atoms with E-state index in [4.69, 9.17) is 0 Å². The number of nitro benzene ring substituents is 1. The molecule has 0 amide bonds. The standard InChI is InChI=1S/C19H24N2O3/c1-2-18-9-5-12-20-13-11-19(17(18)20,16(22)8-10-18)14-6-3-4-7-15(14)21(23)24/h3-4,6-7,17H,2,5,8-13H2,1H3/t17-,18-,19-/m1/s1. The molecule has 4 rings (SSSR count). The number of piperidine rings is 1. The first-order valence-electron chi connectivity index (χ1n) is 9.06. The third-order valence-corrected chi connectivity index (χ3v) is 6.96. The van der Waals surface area contributed by atoms with Crippen molar-refractivity contribution >= 4 is 11.5 Å². The molecule has 2 heterocycles. The number of nitrogens with zero attached hydrogens (tertiary/aromatic N) is 2. The number of nitro groups is 1. The van der Waals surface area contributed by atoms with E-state index in [0.717, 1.165) is 38.8 Å². The van der Waals surface area contributed by atoms with Crippen LogP contribution < -0.4 is 0 Å². The molecular formula is C19H24N2O3. The third kappa shape index (κ3) is 1.88. The Labute approximate surface area is 142 Å². The van der Waals surface area contributed by atoms with Crippen molar-refractivity contribution in [3.63, 3.8) is 0 Å². The molecule has 0 unspecified atom stereocenters. The first-order valence-corrected chi connectivity index (χ1v) is 9.06. The van der Waals surface area contributed by atoms with Crippen molar-refractivity contribution in [2.75, 3.05) is 13.1 Å². The van der Waals surface area contributed by atoms with Crippen molar-refractivity contribution in [2.24, 2.45) is 5.41 Å².